The molecule has 0 spiro atoms. The molecule has 0 saturated heterocycles. The summed E-state index contributed by atoms with van der Waals surface area (Å²) < 4.78 is 0. The SMILES string of the molecule is CCCCN(c1nc(N)nc(Cl)n1)C(C)CC. The number of nitrogen functional groups attached to an aromatic ring is 1. The van der Waals surface area contributed by atoms with Crippen LogP contribution >= 0.6 is 11.6 Å². The van der Waals surface area contributed by atoms with Crippen LogP contribution in [0.3, 0.4) is 0 Å². The standard InChI is InChI=1S/C11H20ClN5/c1-4-6-7-17(8(3)5-2)11-15-9(12)14-10(13)16-11/h8H,4-7H2,1-3H3,(H2,13,14,15,16). The normalized spacial score (nSPS) is 12.5. The Kier molecular flexibility index (Phi) is 5.41. The minimum absolute atomic E-state index is 0.150. The molecule has 96 valence electrons. The lowest BCUT2D eigenvalue weighted by molar-refractivity contribution is 0.582. The van der Waals surface area contributed by atoms with Crippen LogP contribution in [0, 0.1) is 0 Å². The highest BCUT2D eigenvalue weighted by molar-refractivity contribution is 6.28. The molecule has 0 saturated carbocycles. The lowest BCUT2D eigenvalue weighted by Crippen LogP contribution is -2.35. The van der Waals surface area contributed by atoms with E-state index in [0.29, 0.717) is 12.0 Å². The van der Waals surface area contributed by atoms with Gasteiger partial charge >= 0.3 is 0 Å². The van der Waals surface area contributed by atoms with Gasteiger partial charge in [0.25, 0.3) is 0 Å². The number of unbranched alkanes of at least 4 members (excludes halogenated alkanes) is 1. The quantitative estimate of drug-likeness (QED) is 0.848. The van der Waals surface area contributed by atoms with Crippen molar-refractivity contribution < 1.29 is 0 Å². The summed E-state index contributed by atoms with van der Waals surface area (Å²) in [6, 6.07) is 0.361. The van der Waals surface area contributed by atoms with Gasteiger partial charge in [-0.2, -0.15) is 15.0 Å². The Morgan fingerprint density at radius 2 is 2.00 bits per heavy atom. The van der Waals surface area contributed by atoms with Crippen LogP contribution in [0.5, 0.6) is 0 Å². The first-order chi connectivity index (χ1) is 8.08. The number of nitrogens with zero attached hydrogens (tertiary/aromatic N) is 4. The molecule has 0 fully saturated rings. The number of nitrogens with two attached hydrogens (primary N) is 1. The third kappa shape index (κ3) is 4.00. The van der Waals surface area contributed by atoms with Crippen LogP contribution in [-0.4, -0.2) is 27.5 Å². The van der Waals surface area contributed by atoms with Gasteiger partial charge in [0.15, 0.2) is 0 Å². The third-order valence-corrected chi connectivity index (χ3v) is 2.91. The Morgan fingerprint density at radius 1 is 1.29 bits per heavy atom. The zero-order chi connectivity index (χ0) is 12.8. The number of hydrogen-bond donors (Lipinski definition) is 1. The third-order valence-electron chi connectivity index (χ3n) is 2.75. The maximum Gasteiger partial charge on any atom is 0.231 e. The number of rotatable bonds is 6. The average Bonchev–Trinajstić information content (AvgIpc) is 2.28. The van der Waals surface area contributed by atoms with Gasteiger partial charge in [0.05, 0.1) is 0 Å². The first-order valence-corrected chi connectivity index (χ1v) is 6.40. The molecule has 1 atom stereocenters. The van der Waals surface area contributed by atoms with E-state index in [1.54, 1.807) is 0 Å². The zero-order valence-electron chi connectivity index (χ0n) is 10.6. The molecule has 1 rings (SSSR count). The van der Waals surface area contributed by atoms with Crippen molar-refractivity contribution in [2.24, 2.45) is 0 Å². The van der Waals surface area contributed by atoms with Crippen molar-refractivity contribution in [3.05, 3.63) is 5.28 Å². The van der Waals surface area contributed by atoms with Crippen LogP contribution in [0.2, 0.25) is 5.28 Å². The van der Waals surface area contributed by atoms with Crippen molar-refractivity contribution in [1.82, 2.24) is 15.0 Å². The minimum atomic E-state index is 0.150. The van der Waals surface area contributed by atoms with E-state index in [1.165, 1.54) is 0 Å². The minimum Gasteiger partial charge on any atom is -0.368 e. The van der Waals surface area contributed by atoms with Crippen molar-refractivity contribution in [2.75, 3.05) is 17.2 Å². The summed E-state index contributed by atoms with van der Waals surface area (Å²) in [7, 11) is 0. The van der Waals surface area contributed by atoms with Gasteiger partial charge in [-0.3, -0.25) is 0 Å². The average molecular weight is 258 g/mol. The Bertz CT molecular complexity index is 337. The Balaban J connectivity index is 2.94. The molecule has 0 aliphatic heterocycles. The van der Waals surface area contributed by atoms with Gasteiger partial charge in [0, 0.05) is 12.6 Å². The Hall–Kier alpha value is -1.10. The van der Waals surface area contributed by atoms with Gasteiger partial charge in [-0.15, -0.1) is 0 Å². The second-order valence-electron chi connectivity index (χ2n) is 4.07. The number of hydrogen-bond acceptors (Lipinski definition) is 5. The smallest absolute Gasteiger partial charge is 0.231 e. The van der Waals surface area contributed by atoms with E-state index in [-0.39, 0.29) is 11.2 Å². The lowest BCUT2D eigenvalue weighted by Gasteiger charge is -2.28. The Labute approximate surface area is 107 Å². The summed E-state index contributed by atoms with van der Waals surface area (Å²) in [5.74, 6) is 0.745. The molecular weight excluding hydrogens is 238 g/mol. The zero-order valence-corrected chi connectivity index (χ0v) is 11.4. The molecule has 1 aromatic rings. The van der Waals surface area contributed by atoms with E-state index in [2.05, 4.69) is 40.6 Å². The largest absolute Gasteiger partial charge is 0.368 e. The Morgan fingerprint density at radius 3 is 2.53 bits per heavy atom. The predicted octanol–water partition coefficient (Wildman–Crippen LogP) is 2.51. The first-order valence-electron chi connectivity index (χ1n) is 6.02. The fourth-order valence-corrected chi connectivity index (χ4v) is 1.71. The number of halogens is 1. The van der Waals surface area contributed by atoms with E-state index in [4.69, 9.17) is 17.3 Å². The fraction of sp³-hybridized carbons (Fsp3) is 0.727. The molecule has 2 N–H and O–H groups in total. The van der Waals surface area contributed by atoms with Crippen LogP contribution in [-0.2, 0) is 0 Å². The summed E-state index contributed by atoms with van der Waals surface area (Å²) >= 11 is 5.81. The fourth-order valence-electron chi connectivity index (χ4n) is 1.55. The second kappa shape index (κ2) is 6.59. The molecule has 0 aliphatic carbocycles. The molecule has 0 radical (unpaired) electrons. The molecule has 5 nitrogen and oxygen atoms in total. The van der Waals surface area contributed by atoms with Crippen LogP contribution < -0.4 is 10.6 Å². The molecule has 17 heavy (non-hydrogen) atoms. The van der Waals surface area contributed by atoms with E-state index < -0.39 is 0 Å². The molecule has 1 heterocycles. The van der Waals surface area contributed by atoms with Crippen molar-refractivity contribution in [1.29, 1.82) is 0 Å². The highest BCUT2D eigenvalue weighted by Gasteiger charge is 2.16. The summed E-state index contributed by atoms with van der Waals surface area (Å²) in [5.41, 5.74) is 5.59. The van der Waals surface area contributed by atoms with Crippen LogP contribution in [0.15, 0.2) is 0 Å². The van der Waals surface area contributed by atoms with Gasteiger partial charge in [-0.25, -0.2) is 0 Å². The highest BCUT2D eigenvalue weighted by Crippen LogP contribution is 2.17. The summed E-state index contributed by atoms with van der Waals surface area (Å²) in [6.45, 7) is 7.34. The van der Waals surface area contributed by atoms with Crippen LogP contribution in [0.25, 0.3) is 0 Å². The topological polar surface area (TPSA) is 67.9 Å². The van der Waals surface area contributed by atoms with Crippen molar-refractivity contribution in [3.8, 4) is 0 Å². The number of anilines is 2. The van der Waals surface area contributed by atoms with Crippen LogP contribution in [0.4, 0.5) is 11.9 Å². The molecule has 0 aliphatic rings. The van der Waals surface area contributed by atoms with Crippen molar-refractivity contribution in [3.63, 3.8) is 0 Å². The predicted molar refractivity (Wildman–Crippen MR) is 71.3 cm³/mol. The summed E-state index contributed by atoms with van der Waals surface area (Å²) in [6.07, 6.45) is 3.24. The lowest BCUT2D eigenvalue weighted by atomic mass is 10.2. The highest BCUT2D eigenvalue weighted by atomic mass is 35.5. The molecule has 6 heteroatoms. The molecule has 0 amide bonds. The number of aromatic nitrogens is 3. The molecule has 0 bridgehead atoms. The monoisotopic (exact) mass is 257 g/mol. The van der Waals surface area contributed by atoms with Crippen molar-refractivity contribution in [2.45, 2.75) is 46.1 Å². The van der Waals surface area contributed by atoms with Crippen molar-refractivity contribution >= 4 is 23.5 Å². The van der Waals surface area contributed by atoms with Gasteiger partial charge < -0.3 is 10.6 Å². The van der Waals surface area contributed by atoms with E-state index >= 15 is 0 Å². The first kappa shape index (κ1) is 14.0. The van der Waals surface area contributed by atoms with Gasteiger partial charge in [-0.1, -0.05) is 20.3 Å². The van der Waals surface area contributed by atoms with E-state index in [1.807, 2.05) is 0 Å². The molecular formula is C11H20ClN5. The second-order valence-corrected chi connectivity index (χ2v) is 4.40. The molecule has 1 unspecified atom stereocenters. The van der Waals surface area contributed by atoms with Gasteiger partial charge in [0.2, 0.25) is 17.2 Å². The van der Waals surface area contributed by atoms with E-state index in [9.17, 15) is 0 Å². The maximum absolute atomic E-state index is 5.81. The molecule has 1 aromatic heterocycles. The molecule has 0 aromatic carbocycles. The maximum atomic E-state index is 5.81. The summed E-state index contributed by atoms with van der Waals surface area (Å²) in [4.78, 5) is 14.2. The van der Waals surface area contributed by atoms with Gasteiger partial charge in [-0.05, 0) is 31.4 Å². The summed E-state index contributed by atoms with van der Waals surface area (Å²) in [5, 5.41) is 0.150. The van der Waals surface area contributed by atoms with Gasteiger partial charge in [0.1, 0.15) is 0 Å². The van der Waals surface area contributed by atoms with Crippen LogP contribution in [0.1, 0.15) is 40.0 Å². The van der Waals surface area contributed by atoms with E-state index in [0.717, 1.165) is 25.8 Å².